The molecular formula is C31H31N7O. The highest BCUT2D eigenvalue weighted by molar-refractivity contribution is 6.05. The van der Waals surface area contributed by atoms with Crippen molar-refractivity contribution < 1.29 is 4.79 Å². The third kappa shape index (κ3) is 6.17. The lowest BCUT2D eigenvalue weighted by Crippen LogP contribution is -2.12. The molecule has 2 aromatic heterocycles. The summed E-state index contributed by atoms with van der Waals surface area (Å²) < 4.78 is 1.90. The Morgan fingerprint density at radius 2 is 1.95 bits per heavy atom. The van der Waals surface area contributed by atoms with Gasteiger partial charge in [0.25, 0.3) is 5.91 Å². The first-order valence-corrected chi connectivity index (χ1v) is 12.4. The van der Waals surface area contributed by atoms with Crippen LogP contribution in [0, 0.1) is 18.8 Å². The number of pyridine rings is 1. The maximum atomic E-state index is 13.1. The second-order valence-corrected chi connectivity index (χ2v) is 8.68. The van der Waals surface area contributed by atoms with Gasteiger partial charge in [0.2, 0.25) is 0 Å². The molecule has 0 bridgehead atoms. The van der Waals surface area contributed by atoms with Gasteiger partial charge in [-0.2, -0.15) is 0 Å². The number of amides is 1. The van der Waals surface area contributed by atoms with Crippen molar-refractivity contribution in [3.05, 3.63) is 107 Å². The van der Waals surface area contributed by atoms with Crippen molar-refractivity contribution in [3.63, 3.8) is 0 Å². The van der Waals surface area contributed by atoms with E-state index in [1.54, 1.807) is 25.5 Å². The summed E-state index contributed by atoms with van der Waals surface area (Å²) in [6.07, 6.45) is 10.7. The van der Waals surface area contributed by atoms with Crippen LogP contribution in [0.3, 0.4) is 0 Å². The number of imidazole rings is 1. The second kappa shape index (κ2) is 12.3. The molecule has 2 heterocycles. The van der Waals surface area contributed by atoms with Gasteiger partial charge in [0.15, 0.2) is 5.65 Å². The summed E-state index contributed by atoms with van der Waals surface area (Å²) >= 11 is 0. The number of carbonyl (C=O) groups is 1. The molecule has 0 unspecified atom stereocenters. The van der Waals surface area contributed by atoms with Gasteiger partial charge in [-0.3, -0.25) is 14.2 Å². The van der Waals surface area contributed by atoms with Gasteiger partial charge in [-0.15, -0.1) is 0 Å². The van der Waals surface area contributed by atoms with E-state index in [9.17, 15) is 4.79 Å². The number of anilines is 3. The molecule has 1 amide bonds. The van der Waals surface area contributed by atoms with Crippen LogP contribution in [0.15, 0.2) is 83.9 Å². The summed E-state index contributed by atoms with van der Waals surface area (Å²) in [5.41, 5.74) is 13.5. The van der Waals surface area contributed by atoms with Gasteiger partial charge in [0.1, 0.15) is 5.69 Å². The topological polar surface area (TPSA) is 109 Å². The number of hydrogen-bond donors (Lipinski definition) is 4. The second-order valence-electron chi connectivity index (χ2n) is 8.68. The summed E-state index contributed by atoms with van der Waals surface area (Å²) in [5.74, 6) is 6.22. The van der Waals surface area contributed by atoms with Crippen LogP contribution in [-0.4, -0.2) is 35.6 Å². The number of aromatic nitrogens is 2. The Kier molecular flexibility index (Phi) is 8.44. The zero-order chi connectivity index (χ0) is 27.8. The number of hydrogen-bond acceptors (Lipinski definition) is 6. The summed E-state index contributed by atoms with van der Waals surface area (Å²) in [6, 6.07) is 15.1. The molecule has 8 nitrogen and oxygen atoms in total. The molecule has 0 aliphatic rings. The number of fused-ring (bicyclic) bond motifs is 1. The maximum absolute atomic E-state index is 13.1. The molecule has 196 valence electrons. The number of allylic oxidation sites excluding steroid dienone is 2. The lowest BCUT2D eigenvalue weighted by atomic mass is 10.0. The molecule has 4 aromatic rings. The fourth-order valence-electron chi connectivity index (χ4n) is 4.02. The van der Waals surface area contributed by atoms with E-state index in [1.807, 2.05) is 86.1 Å². The van der Waals surface area contributed by atoms with E-state index in [2.05, 4.69) is 37.8 Å². The van der Waals surface area contributed by atoms with Gasteiger partial charge in [-0.1, -0.05) is 30.2 Å². The van der Waals surface area contributed by atoms with Crippen LogP contribution < -0.4 is 21.7 Å². The number of aryl methyl sites for hydroxylation is 1. The van der Waals surface area contributed by atoms with Gasteiger partial charge in [0.05, 0.1) is 17.6 Å². The molecule has 8 heteroatoms. The van der Waals surface area contributed by atoms with E-state index < -0.39 is 0 Å². The molecule has 5 N–H and O–H groups in total. The molecule has 0 aliphatic carbocycles. The summed E-state index contributed by atoms with van der Waals surface area (Å²) in [6.45, 7) is 3.94. The van der Waals surface area contributed by atoms with E-state index in [1.165, 1.54) is 6.20 Å². The van der Waals surface area contributed by atoms with Gasteiger partial charge >= 0.3 is 0 Å². The van der Waals surface area contributed by atoms with Crippen molar-refractivity contribution in [1.82, 2.24) is 9.38 Å². The first-order valence-electron chi connectivity index (χ1n) is 12.4. The van der Waals surface area contributed by atoms with Crippen molar-refractivity contribution in [1.29, 1.82) is 0 Å². The van der Waals surface area contributed by atoms with E-state index in [4.69, 9.17) is 5.73 Å². The number of carbonyl (C=O) groups excluding carboxylic acids is 1. The summed E-state index contributed by atoms with van der Waals surface area (Å²) in [5, 5.41) is 9.38. The highest BCUT2D eigenvalue weighted by Crippen LogP contribution is 2.23. The van der Waals surface area contributed by atoms with E-state index >= 15 is 0 Å². The predicted molar refractivity (Wildman–Crippen MR) is 161 cm³/mol. The molecule has 0 atom stereocenters. The lowest BCUT2D eigenvalue weighted by molar-refractivity contribution is 0.102. The first kappa shape index (κ1) is 26.8. The Labute approximate surface area is 228 Å². The van der Waals surface area contributed by atoms with Crippen LogP contribution in [0.2, 0.25) is 0 Å². The normalized spacial score (nSPS) is 11.5. The van der Waals surface area contributed by atoms with Gasteiger partial charge in [-0.25, -0.2) is 4.98 Å². The number of nitrogens with two attached hydrogens (primary N) is 1. The molecule has 0 spiro atoms. The van der Waals surface area contributed by atoms with Crippen molar-refractivity contribution in [3.8, 4) is 11.8 Å². The quantitative estimate of drug-likeness (QED) is 0.197. The number of nitrogens with one attached hydrogen (secondary N) is 3. The van der Waals surface area contributed by atoms with Gasteiger partial charge in [-0.05, 0) is 67.3 Å². The largest absolute Gasteiger partial charge is 0.403 e. The average Bonchev–Trinajstić information content (AvgIpc) is 3.37. The van der Waals surface area contributed by atoms with Crippen LogP contribution >= 0.6 is 0 Å². The zero-order valence-corrected chi connectivity index (χ0v) is 22.4. The van der Waals surface area contributed by atoms with Crippen LogP contribution in [0.5, 0.6) is 0 Å². The monoisotopic (exact) mass is 517 g/mol. The number of benzene rings is 2. The summed E-state index contributed by atoms with van der Waals surface area (Å²) in [4.78, 5) is 21.6. The SMILES string of the molecule is C/C=C\c1ccc(NC(=O)c2ccc(C)c(C#Cc3cnc4c(NC(C=NC)=CN)cccn34)c2)cc1NC. The van der Waals surface area contributed by atoms with Crippen molar-refractivity contribution in [2.75, 3.05) is 30.0 Å². The minimum Gasteiger partial charge on any atom is -0.403 e. The minimum absolute atomic E-state index is 0.205. The van der Waals surface area contributed by atoms with Crippen LogP contribution in [0.4, 0.5) is 17.1 Å². The van der Waals surface area contributed by atoms with Crippen LogP contribution in [0.25, 0.3) is 11.7 Å². The molecule has 0 fully saturated rings. The molecule has 0 saturated carbocycles. The Morgan fingerprint density at radius 1 is 1.10 bits per heavy atom. The Hall–Kier alpha value is -5.29. The summed E-state index contributed by atoms with van der Waals surface area (Å²) in [7, 11) is 3.54. The standard InChI is InChI=1S/C31H31N7O/c1-5-7-22-11-13-25(17-29(22)34-4)37-31(39)24-10-9-21(2)23(16-24)12-14-27-20-35-30-28(8-6-15-38(27)30)36-26(18-32)19-33-3/h5-11,13,15-20,34,36H,32H2,1-4H3,(H,37,39)/b7-5-,26-18?,33-19?. The van der Waals surface area contributed by atoms with Crippen LogP contribution in [-0.2, 0) is 0 Å². The third-order valence-electron chi connectivity index (χ3n) is 6.01. The molecule has 0 saturated heterocycles. The minimum atomic E-state index is -0.205. The number of rotatable bonds is 7. The van der Waals surface area contributed by atoms with E-state index in [-0.39, 0.29) is 5.91 Å². The van der Waals surface area contributed by atoms with E-state index in [0.29, 0.717) is 28.3 Å². The highest BCUT2D eigenvalue weighted by atomic mass is 16.1. The van der Waals surface area contributed by atoms with Gasteiger partial charge in [0, 0.05) is 55.2 Å². The zero-order valence-electron chi connectivity index (χ0n) is 22.4. The number of aliphatic imine (C=N–C) groups is 1. The first-order chi connectivity index (χ1) is 19.0. The smallest absolute Gasteiger partial charge is 0.255 e. The van der Waals surface area contributed by atoms with Crippen LogP contribution in [0.1, 0.15) is 39.7 Å². The molecule has 2 aromatic carbocycles. The fourth-order valence-corrected chi connectivity index (χ4v) is 4.02. The van der Waals surface area contributed by atoms with Crippen molar-refractivity contribution >= 4 is 40.9 Å². The van der Waals surface area contributed by atoms with Crippen molar-refractivity contribution in [2.45, 2.75) is 13.8 Å². The third-order valence-corrected chi connectivity index (χ3v) is 6.01. The Balaban J connectivity index is 1.59. The lowest BCUT2D eigenvalue weighted by Gasteiger charge is -2.11. The fraction of sp³-hybridized carbons (Fsp3) is 0.129. The number of nitrogens with zero attached hydrogens (tertiary/aromatic N) is 3. The molecular weight excluding hydrogens is 486 g/mol. The predicted octanol–water partition coefficient (Wildman–Crippen LogP) is 5.28. The molecule has 39 heavy (non-hydrogen) atoms. The Bertz CT molecular complexity index is 1670. The maximum Gasteiger partial charge on any atom is 0.255 e. The average molecular weight is 518 g/mol. The Morgan fingerprint density at radius 3 is 2.69 bits per heavy atom. The highest BCUT2D eigenvalue weighted by Gasteiger charge is 2.10. The van der Waals surface area contributed by atoms with Gasteiger partial charge < -0.3 is 21.7 Å². The molecule has 4 rings (SSSR count). The molecule has 0 aliphatic heterocycles. The van der Waals surface area contributed by atoms with Crippen molar-refractivity contribution in [2.24, 2.45) is 10.7 Å². The van der Waals surface area contributed by atoms with E-state index in [0.717, 1.165) is 28.1 Å². The molecule has 0 radical (unpaired) electrons.